The number of aromatic nitrogens is 4. The number of rotatable bonds is 2. The third kappa shape index (κ3) is 1.99. The maximum atomic E-state index is 12.3. The van der Waals surface area contributed by atoms with Gasteiger partial charge in [-0.1, -0.05) is 0 Å². The van der Waals surface area contributed by atoms with Crippen molar-refractivity contribution >= 4 is 48.9 Å². The molecular weight excluding hydrogens is 306 g/mol. The Morgan fingerprint density at radius 2 is 1.86 bits per heavy atom. The highest BCUT2D eigenvalue weighted by Crippen LogP contribution is 2.23. The Bertz CT molecular complexity index is 1020. The molecule has 0 aliphatic rings. The van der Waals surface area contributed by atoms with E-state index in [4.69, 9.17) is 5.73 Å². The fourth-order valence-corrected chi connectivity index (χ4v) is 3.67. The quantitative estimate of drug-likeness (QED) is 0.612. The van der Waals surface area contributed by atoms with Crippen LogP contribution in [0, 0.1) is 0 Å². The highest BCUT2D eigenvalue weighted by atomic mass is 32.1. The van der Waals surface area contributed by atoms with Gasteiger partial charge in [-0.3, -0.25) is 9.36 Å². The normalized spacial score (nSPS) is 11.4. The number of nitrogens with two attached hydrogens (primary N) is 1. The lowest BCUT2D eigenvalue weighted by molar-refractivity contribution is 0.713. The van der Waals surface area contributed by atoms with Crippen molar-refractivity contribution in [1.29, 1.82) is 0 Å². The first-order valence-electron chi connectivity index (χ1n) is 6.14. The third-order valence-corrected chi connectivity index (χ3v) is 4.79. The number of fused-ring (bicyclic) bond motifs is 2. The molecule has 104 valence electrons. The van der Waals surface area contributed by atoms with Gasteiger partial charge in [0.1, 0.15) is 15.5 Å². The molecule has 0 saturated heterocycles. The first-order valence-corrected chi connectivity index (χ1v) is 7.90. The summed E-state index contributed by atoms with van der Waals surface area (Å²) >= 11 is 2.95. The Morgan fingerprint density at radius 3 is 2.71 bits per heavy atom. The van der Waals surface area contributed by atoms with Crippen molar-refractivity contribution < 1.29 is 0 Å². The average molecular weight is 315 g/mol. The van der Waals surface area contributed by atoms with Gasteiger partial charge in [-0.25, -0.2) is 15.0 Å². The summed E-state index contributed by atoms with van der Waals surface area (Å²) in [4.78, 5) is 26.9. The van der Waals surface area contributed by atoms with Crippen LogP contribution in [0.5, 0.6) is 0 Å². The molecule has 0 saturated carbocycles. The molecule has 0 aliphatic carbocycles. The number of anilines is 1. The minimum absolute atomic E-state index is 0.0882. The van der Waals surface area contributed by atoms with Crippen molar-refractivity contribution in [3.8, 4) is 0 Å². The zero-order chi connectivity index (χ0) is 14.4. The summed E-state index contributed by atoms with van der Waals surface area (Å²) in [6.07, 6.45) is 1.53. The van der Waals surface area contributed by atoms with E-state index < -0.39 is 0 Å². The monoisotopic (exact) mass is 315 g/mol. The van der Waals surface area contributed by atoms with Crippen LogP contribution in [0.3, 0.4) is 0 Å². The largest absolute Gasteiger partial charge is 0.383 e. The van der Waals surface area contributed by atoms with Gasteiger partial charge in [0, 0.05) is 0 Å². The number of hydrogen-bond donors (Lipinski definition) is 1. The van der Waals surface area contributed by atoms with E-state index in [0.29, 0.717) is 17.0 Å². The van der Waals surface area contributed by atoms with Crippen molar-refractivity contribution in [2.24, 2.45) is 0 Å². The van der Waals surface area contributed by atoms with E-state index in [1.165, 1.54) is 33.6 Å². The molecule has 2 N–H and O–H groups in total. The van der Waals surface area contributed by atoms with E-state index in [2.05, 4.69) is 15.0 Å². The standard InChI is InChI=1S/C13H9N5OS2/c14-10-7-1-3-21-12(7)17-9(16-10)5-18-6-15-11-8(13(18)19)2-4-20-11/h1-4,6H,5H2,(H2,14,16,17). The molecule has 4 aromatic rings. The Hall–Kier alpha value is -2.32. The van der Waals surface area contributed by atoms with E-state index in [-0.39, 0.29) is 12.1 Å². The molecular formula is C13H9N5OS2. The Morgan fingerprint density at radius 1 is 1.10 bits per heavy atom. The van der Waals surface area contributed by atoms with E-state index in [0.717, 1.165) is 15.0 Å². The maximum absolute atomic E-state index is 12.3. The molecule has 4 aromatic heterocycles. The Balaban J connectivity index is 1.82. The Labute approximate surface area is 126 Å². The summed E-state index contributed by atoms with van der Waals surface area (Å²) in [5.74, 6) is 0.954. The van der Waals surface area contributed by atoms with Crippen LogP contribution in [-0.4, -0.2) is 19.5 Å². The molecule has 0 aliphatic heterocycles. The van der Waals surface area contributed by atoms with Gasteiger partial charge in [-0.15, -0.1) is 22.7 Å². The zero-order valence-electron chi connectivity index (χ0n) is 10.7. The van der Waals surface area contributed by atoms with Crippen LogP contribution < -0.4 is 11.3 Å². The smallest absolute Gasteiger partial charge is 0.262 e. The van der Waals surface area contributed by atoms with Crippen molar-refractivity contribution in [2.75, 3.05) is 5.73 Å². The average Bonchev–Trinajstić information content (AvgIpc) is 3.10. The third-order valence-electron chi connectivity index (χ3n) is 3.16. The molecule has 0 spiro atoms. The number of nitrogen functional groups attached to an aromatic ring is 1. The van der Waals surface area contributed by atoms with Crippen LogP contribution >= 0.6 is 22.7 Å². The predicted octanol–water partition coefficient (Wildman–Crippen LogP) is 2.09. The van der Waals surface area contributed by atoms with Gasteiger partial charge in [0.05, 0.1) is 23.6 Å². The van der Waals surface area contributed by atoms with Crippen molar-refractivity contribution in [2.45, 2.75) is 6.54 Å². The molecule has 0 unspecified atom stereocenters. The summed E-state index contributed by atoms with van der Waals surface area (Å²) < 4.78 is 1.50. The number of nitrogens with zero attached hydrogens (tertiary/aromatic N) is 4. The molecule has 0 radical (unpaired) electrons. The van der Waals surface area contributed by atoms with E-state index in [1.807, 2.05) is 16.8 Å². The van der Waals surface area contributed by atoms with E-state index in [9.17, 15) is 4.79 Å². The SMILES string of the molecule is Nc1nc(Cn2cnc3sccc3c2=O)nc2sccc12. The highest BCUT2D eigenvalue weighted by Gasteiger charge is 2.10. The summed E-state index contributed by atoms with van der Waals surface area (Å²) in [7, 11) is 0. The fourth-order valence-electron chi connectivity index (χ4n) is 2.15. The molecule has 0 bridgehead atoms. The minimum Gasteiger partial charge on any atom is -0.383 e. The second-order valence-electron chi connectivity index (χ2n) is 4.48. The van der Waals surface area contributed by atoms with Gasteiger partial charge >= 0.3 is 0 Å². The van der Waals surface area contributed by atoms with Crippen LogP contribution in [0.4, 0.5) is 5.82 Å². The molecule has 4 rings (SSSR count). The number of hydrogen-bond acceptors (Lipinski definition) is 7. The topological polar surface area (TPSA) is 86.7 Å². The summed E-state index contributed by atoms with van der Waals surface area (Å²) in [5, 5.41) is 5.25. The zero-order valence-corrected chi connectivity index (χ0v) is 12.3. The fraction of sp³-hybridized carbons (Fsp3) is 0.0769. The van der Waals surface area contributed by atoms with Crippen molar-refractivity contribution in [3.63, 3.8) is 0 Å². The predicted molar refractivity (Wildman–Crippen MR) is 84.8 cm³/mol. The van der Waals surface area contributed by atoms with Crippen molar-refractivity contribution in [3.05, 3.63) is 45.4 Å². The summed E-state index contributed by atoms with van der Waals surface area (Å²) in [6.45, 7) is 0.260. The Kier molecular flexibility index (Phi) is 2.72. The van der Waals surface area contributed by atoms with Gasteiger partial charge in [0.2, 0.25) is 0 Å². The maximum Gasteiger partial charge on any atom is 0.262 e. The van der Waals surface area contributed by atoms with Crippen LogP contribution in [0.1, 0.15) is 5.82 Å². The lowest BCUT2D eigenvalue weighted by Crippen LogP contribution is -2.21. The molecule has 0 fully saturated rings. The minimum atomic E-state index is -0.0882. The second-order valence-corrected chi connectivity index (χ2v) is 6.27. The molecule has 4 heterocycles. The lowest BCUT2D eigenvalue weighted by Gasteiger charge is -2.05. The summed E-state index contributed by atoms with van der Waals surface area (Å²) in [6, 6.07) is 3.67. The molecule has 21 heavy (non-hydrogen) atoms. The molecule has 0 amide bonds. The van der Waals surface area contributed by atoms with Crippen LogP contribution in [0.2, 0.25) is 0 Å². The molecule has 0 aromatic carbocycles. The van der Waals surface area contributed by atoms with E-state index >= 15 is 0 Å². The van der Waals surface area contributed by atoms with Gasteiger partial charge in [-0.05, 0) is 22.9 Å². The van der Waals surface area contributed by atoms with Crippen LogP contribution in [0.15, 0.2) is 34.0 Å². The first-order chi connectivity index (χ1) is 10.2. The number of thiophene rings is 2. The molecule has 6 nitrogen and oxygen atoms in total. The van der Waals surface area contributed by atoms with E-state index in [1.54, 1.807) is 6.07 Å². The van der Waals surface area contributed by atoms with Crippen LogP contribution in [-0.2, 0) is 6.54 Å². The lowest BCUT2D eigenvalue weighted by atomic mass is 10.3. The van der Waals surface area contributed by atoms with Gasteiger partial charge < -0.3 is 5.73 Å². The van der Waals surface area contributed by atoms with Gasteiger partial charge in [-0.2, -0.15) is 0 Å². The summed E-state index contributed by atoms with van der Waals surface area (Å²) in [5.41, 5.74) is 5.83. The molecule has 0 atom stereocenters. The van der Waals surface area contributed by atoms with Gasteiger partial charge in [0.25, 0.3) is 5.56 Å². The van der Waals surface area contributed by atoms with Gasteiger partial charge in [0.15, 0.2) is 5.82 Å². The van der Waals surface area contributed by atoms with Crippen molar-refractivity contribution in [1.82, 2.24) is 19.5 Å². The first kappa shape index (κ1) is 12.4. The second kappa shape index (κ2) is 4.61. The highest BCUT2D eigenvalue weighted by molar-refractivity contribution is 7.17. The molecule has 8 heteroatoms. The van der Waals surface area contributed by atoms with Crippen LogP contribution in [0.25, 0.3) is 20.4 Å².